The fourth-order valence-electron chi connectivity index (χ4n) is 4.95. The Morgan fingerprint density at radius 1 is 0.865 bits per heavy atom. The highest BCUT2D eigenvalue weighted by Crippen LogP contribution is 2.25. The average molecular weight is 519 g/mol. The molecule has 3 aromatic carbocycles. The van der Waals surface area contributed by atoms with E-state index in [0.29, 0.717) is 18.7 Å². The van der Waals surface area contributed by atoms with Crippen LogP contribution < -0.4 is 4.90 Å². The summed E-state index contributed by atoms with van der Waals surface area (Å²) in [5.74, 6) is -0.175. The number of piperazine rings is 1. The highest BCUT2D eigenvalue weighted by Gasteiger charge is 2.26. The number of benzene rings is 3. The van der Waals surface area contributed by atoms with Crippen LogP contribution in [-0.4, -0.2) is 45.4 Å². The van der Waals surface area contributed by atoms with Crippen LogP contribution in [-0.2, 0) is 28.4 Å². The molecule has 1 amide bonds. The van der Waals surface area contributed by atoms with E-state index in [1.807, 2.05) is 36.1 Å². The number of hydrogen-bond donors (Lipinski definition) is 0. The zero-order valence-electron chi connectivity index (χ0n) is 22.2. The van der Waals surface area contributed by atoms with Crippen LogP contribution in [0.2, 0.25) is 0 Å². The van der Waals surface area contributed by atoms with Crippen LogP contribution in [0.3, 0.4) is 0 Å². The molecule has 0 spiro atoms. The molecule has 6 heteroatoms. The lowest BCUT2D eigenvalue weighted by Crippen LogP contribution is -2.49. The molecule has 1 fully saturated rings. The fourth-order valence-corrected chi connectivity index (χ4v) is 6.32. The van der Waals surface area contributed by atoms with Gasteiger partial charge in [0.05, 0.1) is 10.6 Å². The number of anilines is 1. The minimum atomic E-state index is -3.58. The third-order valence-electron chi connectivity index (χ3n) is 7.28. The maximum atomic E-state index is 13.5. The Kier molecular flexibility index (Phi) is 8.70. The first-order valence-electron chi connectivity index (χ1n) is 13.4. The van der Waals surface area contributed by atoms with Crippen molar-refractivity contribution >= 4 is 21.4 Å². The third kappa shape index (κ3) is 6.42. The monoisotopic (exact) mass is 518 g/mol. The summed E-state index contributed by atoms with van der Waals surface area (Å²) >= 11 is 0. The van der Waals surface area contributed by atoms with Gasteiger partial charge in [0.1, 0.15) is 0 Å². The van der Waals surface area contributed by atoms with Crippen molar-refractivity contribution in [3.63, 3.8) is 0 Å². The zero-order chi connectivity index (χ0) is 26.4. The molecule has 1 aliphatic heterocycles. The van der Waals surface area contributed by atoms with E-state index in [1.54, 1.807) is 18.2 Å². The molecule has 4 rings (SSSR count). The third-order valence-corrected chi connectivity index (χ3v) is 8.96. The van der Waals surface area contributed by atoms with E-state index in [2.05, 4.69) is 43.0 Å². The number of aryl methyl sites for hydroxylation is 3. The number of unbranched alkanes of at least 4 members (excludes halogenated alkanes) is 1. The van der Waals surface area contributed by atoms with Crippen molar-refractivity contribution in [3.05, 3.63) is 94.5 Å². The molecule has 0 atom stereocenters. The molecule has 0 aromatic heterocycles. The van der Waals surface area contributed by atoms with E-state index in [0.717, 1.165) is 49.9 Å². The van der Waals surface area contributed by atoms with Gasteiger partial charge in [-0.3, -0.25) is 4.79 Å². The van der Waals surface area contributed by atoms with Gasteiger partial charge < -0.3 is 9.80 Å². The van der Waals surface area contributed by atoms with Gasteiger partial charge in [0.2, 0.25) is 0 Å². The maximum absolute atomic E-state index is 13.5. The lowest BCUT2D eigenvalue weighted by molar-refractivity contribution is 0.0745. The summed E-state index contributed by atoms with van der Waals surface area (Å²) in [5.41, 5.74) is 5.80. The Morgan fingerprint density at radius 3 is 2.22 bits per heavy atom. The molecule has 5 nitrogen and oxygen atoms in total. The second kappa shape index (κ2) is 12.0. The Hall–Kier alpha value is -3.12. The van der Waals surface area contributed by atoms with E-state index in [1.165, 1.54) is 16.8 Å². The molecular weight excluding hydrogens is 480 g/mol. The van der Waals surface area contributed by atoms with Gasteiger partial charge in [0, 0.05) is 37.4 Å². The van der Waals surface area contributed by atoms with Crippen LogP contribution in [0.25, 0.3) is 0 Å². The quantitative estimate of drug-likeness (QED) is 0.357. The van der Waals surface area contributed by atoms with Crippen molar-refractivity contribution in [2.75, 3.05) is 31.1 Å². The predicted octanol–water partition coefficient (Wildman–Crippen LogP) is 5.84. The second-order valence-electron chi connectivity index (χ2n) is 9.92. The second-order valence-corrected chi connectivity index (χ2v) is 11.9. The number of rotatable bonds is 9. The summed E-state index contributed by atoms with van der Waals surface area (Å²) in [4.78, 5) is 17.8. The van der Waals surface area contributed by atoms with Crippen LogP contribution in [0, 0.1) is 6.92 Å². The molecule has 1 aliphatic rings. The number of sulfone groups is 1. The maximum Gasteiger partial charge on any atom is 0.254 e. The molecule has 0 unspecified atom stereocenters. The first-order chi connectivity index (χ1) is 17.8. The van der Waals surface area contributed by atoms with Gasteiger partial charge in [-0.2, -0.15) is 0 Å². The van der Waals surface area contributed by atoms with Crippen LogP contribution in [0.5, 0.6) is 0 Å². The molecule has 0 saturated carbocycles. The zero-order valence-corrected chi connectivity index (χ0v) is 23.1. The van der Waals surface area contributed by atoms with Crippen molar-refractivity contribution in [3.8, 4) is 0 Å². The van der Waals surface area contributed by atoms with Crippen molar-refractivity contribution in [2.45, 2.75) is 57.1 Å². The van der Waals surface area contributed by atoms with Gasteiger partial charge in [-0.25, -0.2) is 8.42 Å². The highest BCUT2D eigenvalue weighted by molar-refractivity contribution is 7.90. The summed E-state index contributed by atoms with van der Waals surface area (Å²) in [5, 5.41) is 0. The SMILES string of the molecule is CCCCc1ccc(CS(=O)(=O)c2ccc(C)c(C(=O)N3CCN(c4ccccc4CC)CC3)c2)cc1. The van der Waals surface area contributed by atoms with Crippen molar-refractivity contribution in [1.29, 1.82) is 0 Å². The van der Waals surface area contributed by atoms with Gasteiger partial charge in [-0.15, -0.1) is 0 Å². The van der Waals surface area contributed by atoms with Crippen molar-refractivity contribution < 1.29 is 13.2 Å². The largest absolute Gasteiger partial charge is 0.368 e. The first kappa shape index (κ1) is 26.9. The van der Waals surface area contributed by atoms with E-state index >= 15 is 0 Å². The van der Waals surface area contributed by atoms with Crippen molar-refractivity contribution in [2.24, 2.45) is 0 Å². The fraction of sp³-hybridized carbons (Fsp3) is 0.387. The molecule has 196 valence electrons. The molecule has 1 saturated heterocycles. The average Bonchev–Trinajstić information content (AvgIpc) is 2.92. The van der Waals surface area contributed by atoms with Gasteiger partial charge >= 0.3 is 0 Å². The first-order valence-corrected chi connectivity index (χ1v) is 15.0. The number of nitrogens with zero attached hydrogens (tertiary/aromatic N) is 2. The van der Waals surface area contributed by atoms with E-state index in [9.17, 15) is 13.2 Å². The summed E-state index contributed by atoms with van der Waals surface area (Å²) in [6, 6.07) is 21.2. The van der Waals surface area contributed by atoms with Crippen LogP contribution in [0.1, 0.15) is 59.3 Å². The van der Waals surface area contributed by atoms with E-state index in [-0.39, 0.29) is 16.6 Å². The molecule has 0 aliphatic carbocycles. The standard InChI is InChI=1S/C31H38N2O3S/c1-4-6-9-25-13-15-26(16-14-25)23-37(35,36)28-17-12-24(3)29(22-28)31(34)33-20-18-32(19-21-33)30-11-8-7-10-27(30)5-2/h7-8,10-17,22H,4-6,9,18-21,23H2,1-3H3. The van der Waals surface area contributed by atoms with Gasteiger partial charge in [0.15, 0.2) is 9.84 Å². The minimum Gasteiger partial charge on any atom is -0.368 e. The van der Waals surface area contributed by atoms with Crippen molar-refractivity contribution in [1.82, 2.24) is 4.90 Å². The van der Waals surface area contributed by atoms with Crippen LogP contribution in [0.4, 0.5) is 5.69 Å². The number of para-hydroxylation sites is 1. The van der Waals surface area contributed by atoms with Crippen LogP contribution in [0.15, 0.2) is 71.6 Å². The molecule has 1 heterocycles. The Morgan fingerprint density at radius 2 is 1.54 bits per heavy atom. The van der Waals surface area contributed by atoms with Gasteiger partial charge in [-0.05, 0) is 66.6 Å². The molecule has 37 heavy (non-hydrogen) atoms. The Bertz CT molecular complexity index is 1320. The summed E-state index contributed by atoms with van der Waals surface area (Å²) < 4.78 is 26.5. The highest BCUT2D eigenvalue weighted by atomic mass is 32.2. The van der Waals surface area contributed by atoms with Crippen LogP contribution >= 0.6 is 0 Å². The topological polar surface area (TPSA) is 57.7 Å². The lowest BCUT2D eigenvalue weighted by atomic mass is 10.1. The molecule has 0 radical (unpaired) electrons. The number of hydrogen-bond acceptors (Lipinski definition) is 4. The summed E-state index contributed by atoms with van der Waals surface area (Å²) in [7, 11) is -3.58. The van der Waals surface area contributed by atoms with E-state index in [4.69, 9.17) is 0 Å². The summed E-state index contributed by atoms with van der Waals surface area (Å²) in [6.45, 7) is 8.92. The van der Waals surface area contributed by atoms with Gasteiger partial charge in [0.25, 0.3) is 5.91 Å². The Labute approximate surface area is 222 Å². The normalized spacial score (nSPS) is 14.1. The Balaban J connectivity index is 1.46. The smallest absolute Gasteiger partial charge is 0.254 e. The predicted molar refractivity (Wildman–Crippen MR) is 151 cm³/mol. The molecule has 3 aromatic rings. The molecular formula is C31H38N2O3S. The number of carbonyl (C=O) groups excluding carboxylic acids is 1. The van der Waals surface area contributed by atoms with Gasteiger partial charge in [-0.1, -0.05) is 68.8 Å². The van der Waals surface area contributed by atoms with E-state index < -0.39 is 9.84 Å². The molecule has 0 N–H and O–H groups in total. The molecule has 0 bridgehead atoms. The lowest BCUT2D eigenvalue weighted by Gasteiger charge is -2.37. The minimum absolute atomic E-state index is 0.0761. The number of amides is 1. The summed E-state index contributed by atoms with van der Waals surface area (Å²) in [6.07, 6.45) is 4.23. The number of carbonyl (C=O) groups is 1.